The molecule has 4 heteroatoms. The Morgan fingerprint density at radius 2 is 1.38 bits per heavy atom. The van der Waals surface area contributed by atoms with Crippen molar-refractivity contribution in [2.45, 2.75) is 44.9 Å². The first-order chi connectivity index (χ1) is 10.1. The molecule has 4 nitrogen and oxygen atoms in total. The predicted molar refractivity (Wildman–Crippen MR) is 79.0 cm³/mol. The molecule has 5 fully saturated rings. The monoisotopic (exact) mass is 290 g/mol. The van der Waals surface area contributed by atoms with Crippen molar-refractivity contribution in [2.75, 3.05) is 13.1 Å². The summed E-state index contributed by atoms with van der Waals surface area (Å²) in [5, 5.41) is 0. The van der Waals surface area contributed by atoms with Gasteiger partial charge in [0.25, 0.3) is 0 Å². The van der Waals surface area contributed by atoms with Crippen molar-refractivity contribution >= 4 is 11.8 Å². The summed E-state index contributed by atoms with van der Waals surface area (Å²) in [6, 6.07) is 0. The van der Waals surface area contributed by atoms with E-state index in [1.165, 1.54) is 32.1 Å². The minimum Gasteiger partial charge on any atom is -0.369 e. The Morgan fingerprint density at radius 3 is 1.86 bits per heavy atom. The van der Waals surface area contributed by atoms with E-state index in [0.717, 1.165) is 37.8 Å². The van der Waals surface area contributed by atoms with Crippen LogP contribution in [-0.2, 0) is 9.59 Å². The predicted octanol–water partition coefficient (Wildman–Crippen LogP) is 1.78. The molecule has 2 N–H and O–H groups in total. The maximum absolute atomic E-state index is 13.0. The third-order valence-electron chi connectivity index (χ3n) is 6.72. The standard InChI is InChI=1S/C17H26N2O2/c18-16(20)12-1-3-19(4-2-12)17(21)15-13-6-10-5-11(8-13)9-14(15)7-10/h10-15H,1-9H2,(H2,18,20). The number of rotatable bonds is 2. The highest BCUT2D eigenvalue weighted by molar-refractivity contribution is 5.81. The Balaban J connectivity index is 1.43. The molecule has 0 unspecified atom stereocenters. The minimum absolute atomic E-state index is 0.0208. The second-order valence-corrected chi connectivity index (χ2v) is 7.96. The van der Waals surface area contributed by atoms with Gasteiger partial charge in [-0.05, 0) is 68.6 Å². The number of carbonyl (C=O) groups is 2. The molecular formula is C17H26N2O2. The summed E-state index contributed by atoms with van der Waals surface area (Å²) in [6.07, 6.45) is 8.12. The van der Waals surface area contributed by atoms with Crippen LogP contribution in [-0.4, -0.2) is 29.8 Å². The lowest BCUT2D eigenvalue weighted by molar-refractivity contribution is -0.151. The van der Waals surface area contributed by atoms with Gasteiger partial charge in [0.1, 0.15) is 0 Å². The molecule has 1 heterocycles. The molecule has 5 aliphatic rings. The molecule has 0 aromatic rings. The fraction of sp³-hybridized carbons (Fsp3) is 0.882. The van der Waals surface area contributed by atoms with E-state index in [1.54, 1.807) is 0 Å². The largest absolute Gasteiger partial charge is 0.369 e. The molecule has 1 saturated heterocycles. The number of nitrogens with zero attached hydrogens (tertiary/aromatic N) is 1. The molecule has 21 heavy (non-hydrogen) atoms. The van der Waals surface area contributed by atoms with Crippen molar-refractivity contribution in [1.29, 1.82) is 0 Å². The van der Waals surface area contributed by atoms with E-state index in [1.807, 2.05) is 4.90 Å². The maximum Gasteiger partial charge on any atom is 0.226 e. The summed E-state index contributed by atoms with van der Waals surface area (Å²) in [5.41, 5.74) is 5.38. The van der Waals surface area contributed by atoms with Gasteiger partial charge in [0.05, 0.1) is 0 Å². The van der Waals surface area contributed by atoms with E-state index in [-0.39, 0.29) is 11.8 Å². The van der Waals surface area contributed by atoms with Crippen molar-refractivity contribution in [3.05, 3.63) is 0 Å². The van der Waals surface area contributed by atoms with Gasteiger partial charge in [-0.3, -0.25) is 9.59 Å². The van der Waals surface area contributed by atoms with Crippen LogP contribution in [0.15, 0.2) is 0 Å². The van der Waals surface area contributed by atoms with Crippen LogP contribution in [0.5, 0.6) is 0 Å². The second kappa shape index (κ2) is 4.99. The summed E-state index contributed by atoms with van der Waals surface area (Å²) in [5.74, 6) is 3.61. The van der Waals surface area contributed by atoms with Crippen molar-refractivity contribution in [2.24, 2.45) is 41.2 Å². The maximum atomic E-state index is 13.0. The highest BCUT2D eigenvalue weighted by Crippen LogP contribution is 2.56. The van der Waals surface area contributed by atoms with Crippen molar-refractivity contribution in [3.63, 3.8) is 0 Å². The average Bonchev–Trinajstić information content (AvgIpc) is 2.46. The third kappa shape index (κ3) is 2.27. The highest BCUT2D eigenvalue weighted by atomic mass is 16.2. The summed E-state index contributed by atoms with van der Waals surface area (Å²) >= 11 is 0. The Kier molecular flexibility index (Phi) is 3.23. The molecule has 4 bridgehead atoms. The quantitative estimate of drug-likeness (QED) is 0.842. The van der Waals surface area contributed by atoms with Gasteiger partial charge in [-0.1, -0.05) is 0 Å². The average molecular weight is 290 g/mol. The Morgan fingerprint density at radius 1 is 0.857 bits per heavy atom. The van der Waals surface area contributed by atoms with Gasteiger partial charge >= 0.3 is 0 Å². The zero-order valence-corrected chi connectivity index (χ0v) is 12.7. The number of primary amides is 1. The minimum atomic E-state index is -0.197. The Labute approximate surface area is 126 Å². The lowest BCUT2D eigenvalue weighted by atomic mass is 9.51. The van der Waals surface area contributed by atoms with Gasteiger partial charge in [0, 0.05) is 24.9 Å². The fourth-order valence-corrected chi connectivity index (χ4v) is 5.92. The van der Waals surface area contributed by atoms with E-state index in [2.05, 4.69) is 0 Å². The van der Waals surface area contributed by atoms with E-state index in [9.17, 15) is 9.59 Å². The van der Waals surface area contributed by atoms with Crippen LogP contribution in [0.4, 0.5) is 0 Å². The molecule has 2 amide bonds. The second-order valence-electron chi connectivity index (χ2n) is 7.96. The first-order valence-electron chi connectivity index (χ1n) is 8.70. The molecule has 0 atom stereocenters. The first kappa shape index (κ1) is 13.6. The van der Waals surface area contributed by atoms with Gasteiger partial charge in [0.15, 0.2) is 0 Å². The van der Waals surface area contributed by atoms with Crippen molar-refractivity contribution in [3.8, 4) is 0 Å². The van der Waals surface area contributed by atoms with E-state index >= 15 is 0 Å². The first-order valence-corrected chi connectivity index (χ1v) is 8.70. The van der Waals surface area contributed by atoms with Crippen molar-refractivity contribution < 1.29 is 9.59 Å². The zero-order valence-electron chi connectivity index (χ0n) is 12.7. The third-order valence-corrected chi connectivity index (χ3v) is 6.72. The van der Waals surface area contributed by atoms with Crippen LogP contribution in [0.1, 0.15) is 44.9 Å². The molecule has 4 saturated carbocycles. The number of carbonyl (C=O) groups excluding carboxylic acids is 2. The van der Waals surface area contributed by atoms with Crippen molar-refractivity contribution in [1.82, 2.24) is 4.90 Å². The number of amides is 2. The molecule has 0 spiro atoms. The van der Waals surface area contributed by atoms with Gasteiger partial charge in [0.2, 0.25) is 11.8 Å². The number of likely N-dealkylation sites (tertiary alicyclic amines) is 1. The molecule has 0 aromatic heterocycles. The number of piperidine rings is 1. The smallest absolute Gasteiger partial charge is 0.226 e. The highest BCUT2D eigenvalue weighted by Gasteiger charge is 2.51. The molecule has 0 radical (unpaired) electrons. The molecular weight excluding hydrogens is 264 g/mol. The van der Waals surface area contributed by atoms with Gasteiger partial charge in [-0.25, -0.2) is 0 Å². The van der Waals surface area contributed by atoms with Gasteiger partial charge < -0.3 is 10.6 Å². The molecule has 4 aliphatic carbocycles. The number of nitrogens with two attached hydrogens (primary N) is 1. The lowest BCUT2D eigenvalue weighted by Crippen LogP contribution is -2.53. The van der Waals surface area contributed by atoms with Crippen LogP contribution in [0, 0.1) is 35.5 Å². The summed E-state index contributed by atoms with van der Waals surface area (Å²) in [7, 11) is 0. The number of hydrogen-bond donors (Lipinski definition) is 1. The van der Waals surface area contributed by atoms with E-state index in [0.29, 0.717) is 23.7 Å². The summed E-state index contributed by atoms with van der Waals surface area (Å²) < 4.78 is 0. The van der Waals surface area contributed by atoms with E-state index < -0.39 is 0 Å². The summed E-state index contributed by atoms with van der Waals surface area (Å²) in [6.45, 7) is 1.46. The SMILES string of the molecule is NC(=O)C1CCN(C(=O)C2C3CC4CC(C3)CC2C4)CC1. The zero-order chi connectivity index (χ0) is 14.6. The normalized spacial score (nSPS) is 42.3. The molecule has 5 rings (SSSR count). The fourth-order valence-electron chi connectivity index (χ4n) is 5.92. The van der Waals surface area contributed by atoms with Crippen LogP contribution in [0.3, 0.4) is 0 Å². The molecule has 116 valence electrons. The Bertz CT molecular complexity index is 426. The topological polar surface area (TPSA) is 63.4 Å². The van der Waals surface area contributed by atoms with Gasteiger partial charge in [-0.2, -0.15) is 0 Å². The molecule has 0 aromatic carbocycles. The van der Waals surface area contributed by atoms with Crippen LogP contribution >= 0.6 is 0 Å². The van der Waals surface area contributed by atoms with Crippen LogP contribution in [0.25, 0.3) is 0 Å². The van der Waals surface area contributed by atoms with Gasteiger partial charge in [-0.15, -0.1) is 0 Å². The van der Waals surface area contributed by atoms with Crippen LogP contribution < -0.4 is 5.73 Å². The summed E-state index contributed by atoms with van der Waals surface area (Å²) in [4.78, 5) is 26.3. The van der Waals surface area contributed by atoms with E-state index in [4.69, 9.17) is 5.73 Å². The Hall–Kier alpha value is -1.06. The number of hydrogen-bond acceptors (Lipinski definition) is 2. The lowest BCUT2D eigenvalue weighted by Gasteiger charge is -2.54. The van der Waals surface area contributed by atoms with Crippen LogP contribution in [0.2, 0.25) is 0 Å². The molecule has 1 aliphatic heterocycles.